The first kappa shape index (κ1) is 19.2. The summed E-state index contributed by atoms with van der Waals surface area (Å²) in [5.41, 5.74) is 1.98. The number of aromatic nitrogens is 3. The highest BCUT2D eigenvalue weighted by molar-refractivity contribution is 5.78. The number of nitrogens with zero attached hydrogens (tertiary/aromatic N) is 3. The van der Waals surface area contributed by atoms with Gasteiger partial charge in [0.25, 0.3) is 5.56 Å². The lowest BCUT2D eigenvalue weighted by Gasteiger charge is -2.20. The summed E-state index contributed by atoms with van der Waals surface area (Å²) < 4.78 is 8.48. The maximum atomic E-state index is 12.8. The molecule has 1 amide bonds. The Hall–Kier alpha value is -3.09. The highest BCUT2D eigenvalue weighted by atomic mass is 16.5. The van der Waals surface area contributed by atoms with E-state index in [1.54, 1.807) is 34.7 Å². The summed E-state index contributed by atoms with van der Waals surface area (Å²) in [5, 5.41) is 7.49. The zero-order chi connectivity index (χ0) is 20.2. The van der Waals surface area contributed by atoms with Gasteiger partial charge >= 0.3 is 0 Å². The van der Waals surface area contributed by atoms with E-state index in [1.165, 1.54) is 6.42 Å². The average Bonchev–Trinajstić information content (AvgIpc) is 3.21. The van der Waals surface area contributed by atoms with Gasteiger partial charge in [-0.1, -0.05) is 31.4 Å². The van der Waals surface area contributed by atoms with Crippen LogP contribution in [0.1, 0.15) is 32.1 Å². The van der Waals surface area contributed by atoms with E-state index in [9.17, 15) is 9.59 Å². The molecule has 0 spiro atoms. The molecule has 1 aliphatic carbocycles. The van der Waals surface area contributed by atoms with Gasteiger partial charge in [0.1, 0.15) is 11.3 Å². The van der Waals surface area contributed by atoms with Gasteiger partial charge in [-0.15, -0.1) is 0 Å². The molecule has 0 bridgehead atoms. The Bertz CT molecular complexity index is 1060. The summed E-state index contributed by atoms with van der Waals surface area (Å²) in [6.07, 6.45) is 8.91. The zero-order valence-electron chi connectivity index (χ0n) is 16.6. The summed E-state index contributed by atoms with van der Waals surface area (Å²) in [6, 6.07) is 9.37. The van der Waals surface area contributed by atoms with Crippen LogP contribution >= 0.6 is 0 Å². The van der Waals surface area contributed by atoms with Crippen molar-refractivity contribution in [2.45, 2.75) is 38.6 Å². The Morgan fingerprint density at radius 3 is 2.83 bits per heavy atom. The number of ether oxygens (including phenoxy) is 1. The third kappa shape index (κ3) is 4.18. The molecule has 2 heterocycles. The Kier molecular flexibility index (Phi) is 5.64. The molecule has 1 saturated carbocycles. The molecule has 1 fully saturated rings. The number of hydrogen-bond acceptors (Lipinski definition) is 4. The Labute approximate surface area is 169 Å². The van der Waals surface area contributed by atoms with E-state index in [-0.39, 0.29) is 17.4 Å². The molecule has 3 aromatic rings. The summed E-state index contributed by atoms with van der Waals surface area (Å²) in [6.45, 7) is 0.885. The van der Waals surface area contributed by atoms with Gasteiger partial charge in [-0.05, 0) is 31.0 Å². The highest BCUT2D eigenvalue weighted by Gasteiger charge is 2.20. The zero-order valence-corrected chi connectivity index (χ0v) is 16.6. The molecule has 1 aliphatic rings. The lowest BCUT2D eigenvalue weighted by atomic mass is 9.89. The van der Waals surface area contributed by atoms with Crippen molar-refractivity contribution in [2.75, 3.05) is 13.7 Å². The lowest BCUT2D eigenvalue weighted by Crippen LogP contribution is -2.35. The quantitative estimate of drug-likeness (QED) is 0.697. The minimum Gasteiger partial charge on any atom is -0.497 e. The molecule has 0 unspecified atom stereocenters. The van der Waals surface area contributed by atoms with Gasteiger partial charge in [0.05, 0.1) is 12.8 Å². The number of hydrogen-bond donors (Lipinski definition) is 1. The van der Waals surface area contributed by atoms with Crippen molar-refractivity contribution in [1.29, 1.82) is 0 Å². The van der Waals surface area contributed by atoms with Crippen LogP contribution < -0.4 is 15.6 Å². The topological polar surface area (TPSA) is 77.6 Å². The van der Waals surface area contributed by atoms with Gasteiger partial charge in [0.2, 0.25) is 5.91 Å². The van der Waals surface area contributed by atoms with Gasteiger partial charge in [0, 0.05) is 37.0 Å². The number of methoxy groups -OCH3 is 1. The van der Waals surface area contributed by atoms with E-state index in [2.05, 4.69) is 10.4 Å². The fourth-order valence-electron chi connectivity index (χ4n) is 3.93. The number of carbonyl (C=O) groups excluding carboxylic acids is 1. The van der Waals surface area contributed by atoms with E-state index >= 15 is 0 Å². The number of carbonyl (C=O) groups is 1. The molecule has 1 aromatic carbocycles. The van der Waals surface area contributed by atoms with E-state index < -0.39 is 0 Å². The second-order valence-corrected chi connectivity index (χ2v) is 7.51. The van der Waals surface area contributed by atoms with Crippen LogP contribution in [-0.4, -0.2) is 33.7 Å². The molecule has 2 aromatic heterocycles. The second kappa shape index (κ2) is 8.51. The van der Waals surface area contributed by atoms with Crippen LogP contribution in [0.3, 0.4) is 0 Å². The molecule has 29 heavy (non-hydrogen) atoms. The van der Waals surface area contributed by atoms with E-state index in [0.29, 0.717) is 24.3 Å². The largest absolute Gasteiger partial charge is 0.497 e. The number of amides is 1. The van der Waals surface area contributed by atoms with Crippen molar-refractivity contribution in [3.8, 4) is 17.0 Å². The number of rotatable bonds is 6. The maximum absolute atomic E-state index is 12.8. The molecule has 0 atom stereocenters. The third-order valence-electron chi connectivity index (χ3n) is 5.60. The number of benzene rings is 1. The van der Waals surface area contributed by atoms with Gasteiger partial charge in [-0.2, -0.15) is 5.10 Å². The molecule has 1 N–H and O–H groups in total. The summed E-state index contributed by atoms with van der Waals surface area (Å²) >= 11 is 0. The van der Waals surface area contributed by atoms with E-state index in [0.717, 1.165) is 37.0 Å². The van der Waals surface area contributed by atoms with Crippen LogP contribution in [0.2, 0.25) is 0 Å². The molecular weight excluding hydrogens is 368 g/mol. The Morgan fingerprint density at radius 2 is 2.03 bits per heavy atom. The SMILES string of the molecule is COc1cccc(-c2cc3c(=O)n(CCNC(=O)C4CCCCC4)ccn3n2)c1. The minimum absolute atomic E-state index is 0.114. The van der Waals surface area contributed by atoms with Crippen LogP contribution in [0.5, 0.6) is 5.75 Å². The van der Waals surface area contributed by atoms with Crippen LogP contribution in [-0.2, 0) is 11.3 Å². The summed E-state index contributed by atoms with van der Waals surface area (Å²) in [7, 11) is 1.62. The summed E-state index contributed by atoms with van der Waals surface area (Å²) in [5.74, 6) is 0.984. The van der Waals surface area contributed by atoms with Crippen LogP contribution in [0.15, 0.2) is 47.5 Å². The Balaban J connectivity index is 1.47. The first-order chi connectivity index (χ1) is 14.2. The van der Waals surface area contributed by atoms with E-state index in [1.807, 2.05) is 24.3 Å². The standard InChI is InChI=1S/C22H26N4O3/c1-29-18-9-5-8-17(14-18)19-15-20-22(28)25(12-13-26(20)24-19)11-10-23-21(27)16-6-3-2-4-7-16/h5,8-9,12-16H,2-4,6-7,10-11H2,1H3,(H,23,27). The third-order valence-corrected chi connectivity index (χ3v) is 5.60. The molecule has 152 valence electrons. The van der Waals surface area contributed by atoms with Crippen LogP contribution in [0.4, 0.5) is 0 Å². The monoisotopic (exact) mass is 394 g/mol. The molecule has 7 nitrogen and oxygen atoms in total. The predicted octanol–water partition coefficient (Wildman–Crippen LogP) is 2.87. The molecule has 0 aliphatic heterocycles. The number of nitrogens with one attached hydrogen (secondary N) is 1. The van der Waals surface area contributed by atoms with Crippen molar-refractivity contribution in [3.05, 3.63) is 53.1 Å². The second-order valence-electron chi connectivity index (χ2n) is 7.51. The smallest absolute Gasteiger partial charge is 0.276 e. The minimum atomic E-state index is -0.124. The fourth-order valence-corrected chi connectivity index (χ4v) is 3.93. The fraction of sp³-hybridized carbons (Fsp3) is 0.409. The summed E-state index contributed by atoms with van der Waals surface area (Å²) in [4.78, 5) is 25.1. The highest BCUT2D eigenvalue weighted by Crippen LogP contribution is 2.24. The van der Waals surface area contributed by atoms with Crippen molar-refractivity contribution in [1.82, 2.24) is 19.5 Å². The van der Waals surface area contributed by atoms with Crippen LogP contribution in [0, 0.1) is 5.92 Å². The Morgan fingerprint density at radius 1 is 1.21 bits per heavy atom. The van der Waals surface area contributed by atoms with Crippen LogP contribution in [0.25, 0.3) is 16.8 Å². The van der Waals surface area contributed by atoms with Crippen molar-refractivity contribution >= 4 is 11.4 Å². The number of fused-ring (bicyclic) bond motifs is 1. The van der Waals surface area contributed by atoms with Gasteiger partial charge < -0.3 is 14.6 Å². The van der Waals surface area contributed by atoms with E-state index in [4.69, 9.17) is 4.74 Å². The first-order valence-electron chi connectivity index (χ1n) is 10.2. The molecule has 7 heteroatoms. The van der Waals surface area contributed by atoms with Gasteiger partial charge in [-0.25, -0.2) is 4.52 Å². The van der Waals surface area contributed by atoms with Gasteiger partial charge in [0.15, 0.2) is 0 Å². The van der Waals surface area contributed by atoms with Gasteiger partial charge in [-0.3, -0.25) is 9.59 Å². The van der Waals surface area contributed by atoms with Crippen molar-refractivity contribution in [2.24, 2.45) is 5.92 Å². The predicted molar refractivity (Wildman–Crippen MR) is 111 cm³/mol. The maximum Gasteiger partial charge on any atom is 0.276 e. The van der Waals surface area contributed by atoms with Crippen molar-refractivity contribution in [3.63, 3.8) is 0 Å². The molecule has 0 saturated heterocycles. The normalized spacial score (nSPS) is 14.8. The molecular formula is C22H26N4O3. The first-order valence-corrected chi connectivity index (χ1v) is 10.2. The van der Waals surface area contributed by atoms with Crippen molar-refractivity contribution < 1.29 is 9.53 Å². The lowest BCUT2D eigenvalue weighted by molar-refractivity contribution is -0.125. The molecule has 4 rings (SSSR count). The molecule has 0 radical (unpaired) electrons. The average molecular weight is 394 g/mol.